The van der Waals surface area contributed by atoms with E-state index in [4.69, 9.17) is 16.3 Å². The first-order chi connectivity index (χ1) is 11.1. The summed E-state index contributed by atoms with van der Waals surface area (Å²) < 4.78 is 6.04. The van der Waals surface area contributed by atoms with Gasteiger partial charge in [0.25, 0.3) is 0 Å². The molecular formula is C16H14ClN3O2S. The fraction of sp³-hybridized carbons (Fsp3) is 0.125. The molecule has 0 atom stereocenters. The summed E-state index contributed by atoms with van der Waals surface area (Å²) in [6.07, 6.45) is 0. The lowest BCUT2D eigenvalue weighted by atomic mass is 10.2. The fourth-order valence-electron chi connectivity index (χ4n) is 2.15. The molecule has 0 aliphatic carbocycles. The molecule has 2 aromatic carbocycles. The number of amides is 2. The summed E-state index contributed by atoms with van der Waals surface area (Å²) in [5.41, 5.74) is 2.43. The smallest absolute Gasteiger partial charge is 0.325 e. The van der Waals surface area contributed by atoms with Crippen molar-refractivity contribution in [3.8, 4) is 5.75 Å². The Labute approximate surface area is 142 Å². The van der Waals surface area contributed by atoms with Crippen molar-refractivity contribution in [3.63, 3.8) is 0 Å². The van der Waals surface area contributed by atoms with E-state index >= 15 is 0 Å². The van der Waals surface area contributed by atoms with Crippen LogP contribution in [0.3, 0.4) is 0 Å². The van der Waals surface area contributed by atoms with E-state index in [2.05, 4.69) is 15.6 Å². The number of fused-ring (bicyclic) bond motifs is 1. The van der Waals surface area contributed by atoms with E-state index in [0.29, 0.717) is 21.4 Å². The Bertz CT molecular complexity index is 879. The van der Waals surface area contributed by atoms with Crippen LogP contribution in [0.25, 0.3) is 10.2 Å². The number of rotatable bonds is 3. The predicted octanol–water partition coefficient (Wildman–Crippen LogP) is 4.91. The third-order valence-corrected chi connectivity index (χ3v) is 4.61. The van der Waals surface area contributed by atoms with E-state index < -0.39 is 0 Å². The Morgan fingerprint density at radius 3 is 2.83 bits per heavy atom. The van der Waals surface area contributed by atoms with Crippen molar-refractivity contribution in [1.82, 2.24) is 4.98 Å². The molecule has 1 heterocycles. The summed E-state index contributed by atoms with van der Waals surface area (Å²) in [6.45, 7) is 1.96. The average molecular weight is 348 g/mol. The van der Waals surface area contributed by atoms with E-state index in [1.807, 2.05) is 31.2 Å². The second kappa shape index (κ2) is 6.44. The maximum Gasteiger partial charge on any atom is 0.325 e. The van der Waals surface area contributed by atoms with E-state index in [0.717, 1.165) is 16.0 Å². The number of ether oxygens (including phenoxy) is 1. The molecule has 0 radical (unpaired) electrons. The van der Waals surface area contributed by atoms with Gasteiger partial charge in [0.2, 0.25) is 0 Å². The first-order valence-electron chi connectivity index (χ1n) is 6.84. The van der Waals surface area contributed by atoms with Crippen LogP contribution in [0.2, 0.25) is 5.02 Å². The Morgan fingerprint density at radius 2 is 2.09 bits per heavy atom. The Morgan fingerprint density at radius 1 is 1.26 bits per heavy atom. The number of hydrogen-bond acceptors (Lipinski definition) is 4. The highest BCUT2D eigenvalue weighted by atomic mass is 35.5. The monoisotopic (exact) mass is 347 g/mol. The quantitative estimate of drug-likeness (QED) is 0.707. The molecule has 0 saturated carbocycles. The molecule has 0 spiro atoms. The van der Waals surface area contributed by atoms with Crippen LogP contribution in [-0.2, 0) is 0 Å². The molecule has 0 fully saturated rings. The summed E-state index contributed by atoms with van der Waals surface area (Å²) in [5, 5.41) is 6.52. The van der Waals surface area contributed by atoms with Gasteiger partial charge < -0.3 is 10.1 Å². The minimum Gasteiger partial charge on any atom is -0.494 e. The van der Waals surface area contributed by atoms with E-state index in [-0.39, 0.29) is 6.03 Å². The maximum atomic E-state index is 12.1. The number of aromatic nitrogens is 1. The van der Waals surface area contributed by atoms with Gasteiger partial charge in [-0.2, -0.15) is 0 Å². The molecule has 2 amide bonds. The van der Waals surface area contributed by atoms with E-state index in [1.54, 1.807) is 19.2 Å². The number of nitrogens with zero attached hydrogens (tertiary/aromatic N) is 1. The Kier molecular flexibility index (Phi) is 4.36. The van der Waals surface area contributed by atoms with Gasteiger partial charge >= 0.3 is 6.03 Å². The largest absolute Gasteiger partial charge is 0.494 e. The number of carbonyl (C=O) groups excluding carboxylic acids is 1. The predicted molar refractivity (Wildman–Crippen MR) is 95.0 cm³/mol. The lowest BCUT2D eigenvalue weighted by Gasteiger charge is -2.05. The summed E-state index contributed by atoms with van der Waals surface area (Å²) in [6, 6.07) is 10.7. The standard InChI is InChI=1S/C16H14ClN3O2S/c1-9-4-3-5-10(8-9)18-15(21)20-16-19-13-12(22-2)7-6-11(17)14(13)23-16/h3-8H,1-2H3,(H2,18,19,20,21). The number of hydrogen-bond donors (Lipinski definition) is 2. The molecule has 7 heteroatoms. The summed E-state index contributed by atoms with van der Waals surface area (Å²) >= 11 is 7.47. The van der Waals surface area contributed by atoms with Crippen LogP contribution < -0.4 is 15.4 Å². The third-order valence-electron chi connectivity index (χ3n) is 3.17. The van der Waals surface area contributed by atoms with Gasteiger partial charge in [-0.05, 0) is 36.8 Å². The SMILES string of the molecule is COc1ccc(Cl)c2sc(NC(=O)Nc3cccc(C)c3)nc12. The number of carbonyl (C=O) groups is 1. The number of nitrogens with one attached hydrogen (secondary N) is 2. The number of anilines is 2. The highest BCUT2D eigenvalue weighted by Crippen LogP contribution is 2.37. The number of halogens is 1. The maximum absolute atomic E-state index is 12.1. The summed E-state index contributed by atoms with van der Waals surface area (Å²) in [4.78, 5) is 16.5. The molecule has 2 N–H and O–H groups in total. The lowest BCUT2D eigenvalue weighted by Crippen LogP contribution is -2.19. The second-order valence-electron chi connectivity index (χ2n) is 4.89. The molecule has 1 aromatic heterocycles. The van der Waals surface area contributed by atoms with Crippen molar-refractivity contribution in [2.24, 2.45) is 0 Å². The van der Waals surface area contributed by atoms with Crippen LogP contribution >= 0.6 is 22.9 Å². The summed E-state index contributed by atoms with van der Waals surface area (Å²) in [5.74, 6) is 0.618. The van der Waals surface area contributed by atoms with Gasteiger partial charge in [-0.15, -0.1) is 0 Å². The van der Waals surface area contributed by atoms with Crippen LogP contribution in [-0.4, -0.2) is 18.1 Å². The van der Waals surface area contributed by atoms with Gasteiger partial charge in [-0.3, -0.25) is 5.32 Å². The molecule has 23 heavy (non-hydrogen) atoms. The summed E-state index contributed by atoms with van der Waals surface area (Å²) in [7, 11) is 1.57. The van der Waals surface area contributed by atoms with Crippen LogP contribution in [0.4, 0.5) is 15.6 Å². The zero-order valence-corrected chi connectivity index (χ0v) is 14.1. The fourth-order valence-corrected chi connectivity index (χ4v) is 3.30. The molecule has 5 nitrogen and oxygen atoms in total. The average Bonchev–Trinajstić information content (AvgIpc) is 2.92. The molecule has 0 aliphatic heterocycles. The van der Waals surface area contributed by atoms with Crippen molar-refractivity contribution >= 4 is 50.0 Å². The first kappa shape index (κ1) is 15.6. The highest BCUT2D eigenvalue weighted by Gasteiger charge is 2.13. The van der Waals surface area contributed by atoms with Gasteiger partial charge in [-0.25, -0.2) is 9.78 Å². The van der Waals surface area contributed by atoms with Crippen LogP contribution in [0.15, 0.2) is 36.4 Å². The van der Waals surface area contributed by atoms with Gasteiger partial charge in [0, 0.05) is 5.69 Å². The van der Waals surface area contributed by atoms with Crippen LogP contribution in [0.1, 0.15) is 5.56 Å². The highest BCUT2D eigenvalue weighted by molar-refractivity contribution is 7.23. The number of aryl methyl sites for hydroxylation is 1. The van der Waals surface area contributed by atoms with Gasteiger partial charge in [0.1, 0.15) is 11.3 Å². The van der Waals surface area contributed by atoms with Crippen molar-refractivity contribution in [2.45, 2.75) is 6.92 Å². The minimum atomic E-state index is -0.357. The van der Waals surface area contributed by atoms with Crippen LogP contribution in [0, 0.1) is 6.92 Å². The molecule has 0 bridgehead atoms. The second-order valence-corrected chi connectivity index (χ2v) is 6.30. The van der Waals surface area contributed by atoms with E-state index in [9.17, 15) is 4.79 Å². The number of benzene rings is 2. The molecule has 0 saturated heterocycles. The zero-order valence-electron chi connectivity index (χ0n) is 12.5. The van der Waals surface area contributed by atoms with Gasteiger partial charge in [0.05, 0.1) is 16.8 Å². The van der Waals surface area contributed by atoms with Gasteiger partial charge in [-0.1, -0.05) is 35.1 Å². The molecule has 0 aliphatic rings. The number of thiazole rings is 1. The normalized spacial score (nSPS) is 10.6. The number of urea groups is 1. The van der Waals surface area contributed by atoms with Crippen LogP contribution in [0.5, 0.6) is 5.75 Å². The van der Waals surface area contributed by atoms with E-state index in [1.165, 1.54) is 11.3 Å². The number of methoxy groups -OCH3 is 1. The minimum absolute atomic E-state index is 0.357. The molecule has 3 aromatic rings. The Hall–Kier alpha value is -2.31. The van der Waals surface area contributed by atoms with Gasteiger partial charge in [0.15, 0.2) is 5.13 Å². The topological polar surface area (TPSA) is 63.2 Å². The Balaban J connectivity index is 1.81. The van der Waals surface area contributed by atoms with Crippen molar-refractivity contribution in [3.05, 3.63) is 47.0 Å². The molecule has 3 rings (SSSR count). The third kappa shape index (κ3) is 3.38. The van der Waals surface area contributed by atoms with Crippen molar-refractivity contribution in [2.75, 3.05) is 17.7 Å². The lowest BCUT2D eigenvalue weighted by molar-refractivity contribution is 0.262. The van der Waals surface area contributed by atoms with Crippen molar-refractivity contribution in [1.29, 1.82) is 0 Å². The zero-order chi connectivity index (χ0) is 16.4. The molecular weight excluding hydrogens is 334 g/mol. The van der Waals surface area contributed by atoms with Crippen molar-refractivity contribution < 1.29 is 9.53 Å². The first-order valence-corrected chi connectivity index (χ1v) is 8.04. The molecule has 0 unspecified atom stereocenters. The molecule has 118 valence electrons.